The zero-order valence-corrected chi connectivity index (χ0v) is 13.5. The van der Waals surface area contributed by atoms with Crippen LogP contribution in [0, 0.1) is 0 Å². The average molecular weight is 321 g/mol. The minimum Gasteiger partial charge on any atom is -0.497 e. The molecule has 0 atom stereocenters. The number of carbonyl (C=O) groups excluding carboxylic acids is 1. The number of nitrogens with one attached hydrogen (secondary N) is 1. The molecule has 0 saturated carbocycles. The Morgan fingerprint density at radius 3 is 2.42 bits per heavy atom. The van der Waals surface area contributed by atoms with Gasteiger partial charge >= 0.3 is 0 Å². The van der Waals surface area contributed by atoms with Gasteiger partial charge in [-0.2, -0.15) is 0 Å². The van der Waals surface area contributed by atoms with Crippen molar-refractivity contribution in [3.63, 3.8) is 0 Å². The highest BCUT2D eigenvalue weighted by Gasteiger charge is 2.05. The summed E-state index contributed by atoms with van der Waals surface area (Å²) in [6.07, 6.45) is 5.44. The van der Waals surface area contributed by atoms with Gasteiger partial charge in [0.25, 0.3) is 5.91 Å². The van der Waals surface area contributed by atoms with E-state index in [1.807, 2.05) is 59.3 Å². The van der Waals surface area contributed by atoms with Gasteiger partial charge in [-0.3, -0.25) is 4.79 Å². The van der Waals surface area contributed by atoms with Crippen molar-refractivity contribution in [2.24, 2.45) is 0 Å². The van der Waals surface area contributed by atoms with Crippen molar-refractivity contribution in [3.8, 4) is 5.75 Å². The van der Waals surface area contributed by atoms with Crippen molar-refractivity contribution in [2.45, 2.75) is 13.1 Å². The maximum Gasteiger partial charge on any atom is 0.251 e. The van der Waals surface area contributed by atoms with Crippen LogP contribution in [0.1, 0.15) is 21.5 Å². The van der Waals surface area contributed by atoms with Crippen LogP contribution < -0.4 is 10.1 Å². The van der Waals surface area contributed by atoms with Crippen molar-refractivity contribution in [1.82, 2.24) is 14.9 Å². The topological polar surface area (TPSA) is 56.1 Å². The third kappa shape index (κ3) is 4.01. The number of hydrogen-bond donors (Lipinski definition) is 1. The van der Waals surface area contributed by atoms with Gasteiger partial charge in [0.05, 0.1) is 13.4 Å². The molecule has 122 valence electrons. The second-order valence-electron chi connectivity index (χ2n) is 5.46. The first-order valence-corrected chi connectivity index (χ1v) is 7.70. The maximum atomic E-state index is 12.2. The summed E-state index contributed by atoms with van der Waals surface area (Å²) in [5, 5.41) is 2.92. The third-order valence-electron chi connectivity index (χ3n) is 3.75. The van der Waals surface area contributed by atoms with Gasteiger partial charge in [-0.05, 0) is 35.4 Å². The summed E-state index contributed by atoms with van der Waals surface area (Å²) in [5.74, 6) is 0.721. The molecule has 3 aromatic rings. The largest absolute Gasteiger partial charge is 0.497 e. The number of hydrogen-bond acceptors (Lipinski definition) is 3. The Bertz CT molecular complexity index is 778. The van der Waals surface area contributed by atoms with E-state index in [-0.39, 0.29) is 5.91 Å². The van der Waals surface area contributed by atoms with Crippen molar-refractivity contribution >= 4 is 5.91 Å². The number of carbonyl (C=O) groups is 1. The monoisotopic (exact) mass is 321 g/mol. The van der Waals surface area contributed by atoms with Crippen LogP contribution in [0.3, 0.4) is 0 Å². The van der Waals surface area contributed by atoms with Crippen LogP contribution >= 0.6 is 0 Å². The summed E-state index contributed by atoms with van der Waals surface area (Å²) in [6.45, 7) is 1.23. The number of imidazole rings is 1. The summed E-state index contributed by atoms with van der Waals surface area (Å²) < 4.78 is 7.10. The number of nitrogens with zero attached hydrogens (tertiary/aromatic N) is 2. The lowest BCUT2D eigenvalue weighted by Gasteiger charge is -2.08. The van der Waals surface area contributed by atoms with Gasteiger partial charge in [0.15, 0.2) is 0 Å². The van der Waals surface area contributed by atoms with E-state index in [0.29, 0.717) is 12.1 Å². The van der Waals surface area contributed by atoms with Crippen LogP contribution in [0.2, 0.25) is 0 Å². The highest BCUT2D eigenvalue weighted by molar-refractivity contribution is 5.94. The summed E-state index contributed by atoms with van der Waals surface area (Å²) in [5.41, 5.74) is 2.80. The highest BCUT2D eigenvalue weighted by Crippen LogP contribution is 2.11. The molecule has 5 nitrogen and oxygen atoms in total. The van der Waals surface area contributed by atoms with Gasteiger partial charge in [-0.1, -0.05) is 24.3 Å². The summed E-state index contributed by atoms with van der Waals surface area (Å²) in [4.78, 5) is 16.2. The fourth-order valence-electron chi connectivity index (χ4n) is 2.38. The van der Waals surface area contributed by atoms with Crippen molar-refractivity contribution in [3.05, 3.63) is 83.9 Å². The van der Waals surface area contributed by atoms with E-state index in [1.165, 1.54) is 0 Å². The SMILES string of the molecule is COc1ccc(CNC(=O)c2ccc(Cn3ccnc3)cc2)cc1. The maximum absolute atomic E-state index is 12.2. The van der Waals surface area contributed by atoms with E-state index in [1.54, 1.807) is 19.6 Å². The van der Waals surface area contributed by atoms with E-state index >= 15 is 0 Å². The normalized spacial score (nSPS) is 10.4. The van der Waals surface area contributed by atoms with Crippen LogP contribution in [0.15, 0.2) is 67.3 Å². The molecular formula is C19H19N3O2. The molecule has 1 heterocycles. The summed E-state index contributed by atoms with van der Waals surface area (Å²) >= 11 is 0. The number of aromatic nitrogens is 2. The van der Waals surface area contributed by atoms with Gasteiger partial charge < -0.3 is 14.6 Å². The second-order valence-corrected chi connectivity index (χ2v) is 5.46. The number of methoxy groups -OCH3 is 1. The Balaban J connectivity index is 1.56. The van der Waals surface area contributed by atoms with Crippen molar-refractivity contribution in [2.75, 3.05) is 7.11 Å². The molecule has 0 bridgehead atoms. The lowest BCUT2D eigenvalue weighted by Crippen LogP contribution is -2.22. The Morgan fingerprint density at radius 1 is 1.08 bits per heavy atom. The second kappa shape index (κ2) is 7.46. The summed E-state index contributed by atoms with van der Waals surface area (Å²) in [7, 11) is 1.63. The van der Waals surface area contributed by atoms with Crippen LogP contribution in [-0.2, 0) is 13.1 Å². The predicted molar refractivity (Wildman–Crippen MR) is 91.9 cm³/mol. The van der Waals surface area contributed by atoms with Gasteiger partial charge in [0.2, 0.25) is 0 Å². The quantitative estimate of drug-likeness (QED) is 0.759. The Morgan fingerprint density at radius 2 is 1.79 bits per heavy atom. The average Bonchev–Trinajstić information content (AvgIpc) is 3.14. The lowest BCUT2D eigenvalue weighted by atomic mass is 10.1. The first-order chi connectivity index (χ1) is 11.7. The molecule has 0 aliphatic carbocycles. The zero-order chi connectivity index (χ0) is 16.8. The minimum absolute atomic E-state index is 0.0833. The molecule has 1 aromatic heterocycles. The molecule has 0 aliphatic rings. The van der Waals surface area contributed by atoms with Crippen LogP contribution in [0.5, 0.6) is 5.75 Å². The third-order valence-corrected chi connectivity index (χ3v) is 3.75. The van der Waals surface area contributed by atoms with E-state index in [9.17, 15) is 4.79 Å². The molecule has 0 radical (unpaired) electrons. The number of ether oxygens (including phenoxy) is 1. The zero-order valence-electron chi connectivity index (χ0n) is 13.5. The number of benzene rings is 2. The van der Waals surface area contributed by atoms with E-state index in [4.69, 9.17) is 4.74 Å². The minimum atomic E-state index is -0.0833. The molecule has 2 aromatic carbocycles. The van der Waals surface area contributed by atoms with Gasteiger partial charge in [-0.25, -0.2) is 4.98 Å². The molecule has 24 heavy (non-hydrogen) atoms. The molecule has 0 aliphatic heterocycles. The van der Waals surface area contributed by atoms with E-state index in [2.05, 4.69) is 10.3 Å². The number of rotatable bonds is 6. The fraction of sp³-hybridized carbons (Fsp3) is 0.158. The molecule has 0 fully saturated rings. The molecule has 0 saturated heterocycles. The molecule has 5 heteroatoms. The van der Waals surface area contributed by atoms with E-state index < -0.39 is 0 Å². The van der Waals surface area contributed by atoms with Crippen LogP contribution in [0.25, 0.3) is 0 Å². The first kappa shape index (κ1) is 15.8. The van der Waals surface area contributed by atoms with Crippen LogP contribution in [-0.4, -0.2) is 22.6 Å². The first-order valence-electron chi connectivity index (χ1n) is 7.70. The Kier molecular flexibility index (Phi) is 4.91. The standard InChI is InChI=1S/C19H19N3O2/c1-24-18-8-4-15(5-9-18)12-21-19(23)17-6-2-16(3-7-17)13-22-11-10-20-14-22/h2-11,14H,12-13H2,1H3,(H,21,23). The lowest BCUT2D eigenvalue weighted by molar-refractivity contribution is 0.0951. The molecule has 1 N–H and O–H groups in total. The summed E-state index contributed by atoms with van der Waals surface area (Å²) in [6, 6.07) is 15.2. The molecule has 0 spiro atoms. The van der Waals surface area contributed by atoms with Gasteiger partial charge in [-0.15, -0.1) is 0 Å². The van der Waals surface area contributed by atoms with Crippen molar-refractivity contribution in [1.29, 1.82) is 0 Å². The molecule has 1 amide bonds. The number of amides is 1. The molecular weight excluding hydrogens is 302 g/mol. The Hall–Kier alpha value is -3.08. The predicted octanol–water partition coefficient (Wildman–Crippen LogP) is 2.87. The smallest absolute Gasteiger partial charge is 0.251 e. The highest BCUT2D eigenvalue weighted by atomic mass is 16.5. The molecule has 0 unspecified atom stereocenters. The Labute approximate surface area is 140 Å². The van der Waals surface area contributed by atoms with Gasteiger partial charge in [0, 0.05) is 31.0 Å². The van der Waals surface area contributed by atoms with E-state index in [0.717, 1.165) is 23.4 Å². The fourth-order valence-corrected chi connectivity index (χ4v) is 2.38. The van der Waals surface area contributed by atoms with Gasteiger partial charge in [0.1, 0.15) is 5.75 Å². The van der Waals surface area contributed by atoms with Crippen LogP contribution in [0.4, 0.5) is 0 Å². The van der Waals surface area contributed by atoms with Crippen molar-refractivity contribution < 1.29 is 9.53 Å². The molecule has 3 rings (SSSR count).